The SMILES string of the molecule is CC(C)n1c(N)nnc1SCC(=O)NC1CCOCC1. The largest absolute Gasteiger partial charge is 0.381 e. The number of carbonyl (C=O) groups is 1. The lowest BCUT2D eigenvalue weighted by atomic mass is 10.1. The van der Waals surface area contributed by atoms with Crippen LogP contribution in [0.15, 0.2) is 5.16 Å². The Bertz CT molecular complexity index is 457. The number of nitrogen functional groups attached to an aromatic ring is 1. The molecule has 8 heteroatoms. The van der Waals surface area contributed by atoms with E-state index < -0.39 is 0 Å². The molecule has 1 aliphatic rings. The Labute approximate surface area is 122 Å². The highest BCUT2D eigenvalue weighted by molar-refractivity contribution is 7.99. The van der Waals surface area contributed by atoms with Crippen LogP contribution in [0.4, 0.5) is 5.95 Å². The molecule has 0 atom stereocenters. The summed E-state index contributed by atoms with van der Waals surface area (Å²) in [5.41, 5.74) is 5.76. The van der Waals surface area contributed by atoms with Crippen molar-refractivity contribution in [2.45, 2.75) is 43.9 Å². The molecule has 0 spiro atoms. The van der Waals surface area contributed by atoms with E-state index in [4.69, 9.17) is 10.5 Å². The van der Waals surface area contributed by atoms with Crippen molar-refractivity contribution < 1.29 is 9.53 Å². The fourth-order valence-corrected chi connectivity index (χ4v) is 3.00. The molecule has 2 rings (SSSR count). The first-order chi connectivity index (χ1) is 9.58. The van der Waals surface area contributed by atoms with Crippen molar-refractivity contribution in [2.24, 2.45) is 0 Å². The summed E-state index contributed by atoms with van der Waals surface area (Å²) in [7, 11) is 0. The molecule has 2 heterocycles. The van der Waals surface area contributed by atoms with Crippen LogP contribution >= 0.6 is 11.8 Å². The van der Waals surface area contributed by atoms with Gasteiger partial charge in [-0.05, 0) is 26.7 Å². The first-order valence-corrected chi connectivity index (χ1v) is 7.76. The molecule has 20 heavy (non-hydrogen) atoms. The summed E-state index contributed by atoms with van der Waals surface area (Å²) < 4.78 is 7.09. The second-order valence-corrected chi connectivity index (χ2v) is 5.99. The number of hydrogen-bond acceptors (Lipinski definition) is 6. The predicted molar refractivity (Wildman–Crippen MR) is 77.5 cm³/mol. The molecule has 0 aliphatic carbocycles. The number of carbonyl (C=O) groups excluding carboxylic acids is 1. The zero-order chi connectivity index (χ0) is 14.5. The fourth-order valence-electron chi connectivity index (χ4n) is 2.11. The van der Waals surface area contributed by atoms with Crippen LogP contribution in [-0.4, -0.2) is 45.7 Å². The van der Waals surface area contributed by atoms with Crippen molar-refractivity contribution in [3.63, 3.8) is 0 Å². The Morgan fingerprint density at radius 2 is 2.20 bits per heavy atom. The minimum atomic E-state index is 0.0128. The van der Waals surface area contributed by atoms with Crippen LogP contribution in [0.1, 0.15) is 32.7 Å². The van der Waals surface area contributed by atoms with Gasteiger partial charge in [0.1, 0.15) is 0 Å². The molecule has 0 aromatic carbocycles. The van der Waals surface area contributed by atoms with Crippen molar-refractivity contribution >= 4 is 23.6 Å². The summed E-state index contributed by atoms with van der Waals surface area (Å²) in [4.78, 5) is 11.9. The van der Waals surface area contributed by atoms with Gasteiger partial charge in [0.2, 0.25) is 11.9 Å². The first kappa shape index (κ1) is 15.1. The zero-order valence-electron chi connectivity index (χ0n) is 11.8. The summed E-state index contributed by atoms with van der Waals surface area (Å²) in [5.74, 6) is 0.716. The molecule has 1 amide bonds. The van der Waals surface area contributed by atoms with Crippen LogP contribution in [0, 0.1) is 0 Å². The summed E-state index contributed by atoms with van der Waals surface area (Å²) in [5, 5.41) is 11.6. The lowest BCUT2D eigenvalue weighted by Gasteiger charge is -2.23. The Hall–Kier alpha value is -1.28. The molecule has 0 unspecified atom stereocenters. The highest BCUT2D eigenvalue weighted by Crippen LogP contribution is 2.22. The predicted octanol–water partition coefficient (Wildman–Crippen LogP) is 0.828. The van der Waals surface area contributed by atoms with Gasteiger partial charge in [-0.2, -0.15) is 0 Å². The van der Waals surface area contributed by atoms with E-state index in [1.807, 2.05) is 18.4 Å². The van der Waals surface area contributed by atoms with Crippen LogP contribution in [-0.2, 0) is 9.53 Å². The molecule has 1 aromatic rings. The molecule has 0 radical (unpaired) electrons. The van der Waals surface area contributed by atoms with Crippen molar-refractivity contribution in [1.82, 2.24) is 20.1 Å². The van der Waals surface area contributed by atoms with Gasteiger partial charge in [-0.3, -0.25) is 9.36 Å². The van der Waals surface area contributed by atoms with E-state index in [0.29, 0.717) is 16.9 Å². The Kier molecular flexibility index (Phi) is 5.24. The van der Waals surface area contributed by atoms with Gasteiger partial charge in [0, 0.05) is 25.3 Å². The van der Waals surface area contributed by atoms with Crippen LogP contribution in [0.3, 0.4) is 0 Å². The number of nitrogens with zero attached hydrogens (tertiary/aromatic N) is 3. The Balaban J connectivity index is 1.84. The number of amides is 1. The molecule has 112 valence electrons. The number of nitrogens with one attached hydrogen (secondary N) is 1. The lowest BCUT2D eigenvalue weighted by molar-refractivity contribution is -0.119. The normalized spacial score (nSPS) is 16.6. The molecule has 1 fully saturated rings. The summed E-state index contributed by atoms with van der Waals surface area (Å²) in [6.45, 7) is 5.45. The van der Waals surface area contributed by atoms with Gasteiger partial charge in [-0.1, -0.05) is 11.8 Å². The van der Waals surface area contributed by atoms with Crippen LogP contribution in [0.2, 0.25) is 0 Å². The number of ether oxygens (including phenoxy) is 1. The number of thioether (sulfide) groups is 1. The maximum Gasteiger partial charge on any atom is 0.230 e. The van der Waals surface area contributed by atoms with E-state index in [-0.39, 0.29) is 18.0 Å². The van der Waals surface area contributed by atoms with E-state index >= 15 is 0 Å². The van der Waals surface area contributed by atoms with Gasteiger partial charge in [0.25, 0.3) is 0 Å². The molecule has 3 N–H and O–H groups in total. The van der Waals surface area contributed by atoms with Crippen molar-refractivity contribution in [2.75, 3.05) is 24.7 Å². The molecular weight excluding hydrogens is 278 g/mol. The lowest BCUT2D eigenvalue weighted by Crippen LogP contribution is -2.39. The molecule has 0 saturated carbocycles. The van der Waals surface area contributed by atoms with E-state index in [9.17, 15) is 4.79 Å². The topological polar surface area (TPSA) is 95.1 Å². The average molecular weight is 299 g/mol. The standard InChI is InChI=1S/C12H21N5O2S/c1-8(2)17-11(13)15-16-12(17)20-7-10(18)14-9-3-5-19-6-4-9/h8-9H,3-7H2,1-2H3,(H2,13,15)(H,14,18). The van der Waals surface area contributed by atoms with E-state index in [1.165, 1.54) is 11.8 Å². The molecule has 1 aromatic heterocycles. The molecular formula is C12H21N5O2S. The van der Waals surface area contributed by atoms with Gasteiger partial charge in [-0.15, -0.1) is 10.2 Å². The van der Waals surface area contributed by atoms with Gasteiger partial charge < -0.3 is 15.8 Å². The molecule has 1 saturated heterocycles. The smallest absolute Gasteiger partial charge is 0.230 e. The van der Waals surface area contributed by atoms with Gasteiger partial charge in [0.15, 0.2) is 5.16 Å². The Morgan fingerprint density at radius 1 is 1.50 bits per heavy atom. The maximum atomic E-state index is 11.9. The second kappa shape index (κ2) is 6.94. The molecule has 7 nitrogen and oxygen atoms in total. The van der Waals surface area contributed by atoms with Crippen molar-refractivity contribution in [3.8, 4) is 0 Å². The van der Waals surface area contributed by atoms with Crippen molar-refractivity contribution in [3.05, 3.63) is 0 Å². The van der Waals surface area contributed by atoms with Gasteiger partial charge >= 0.3 is 0 Å². The fraction of sp³-hybridized carbons (Fsp3) is 0.750. The van der Waals surface area contributed by atoms with E-state index in [0.717, 1.165) is 26.1 Å². The van der Waals surface area contributed by atoms with Crippen LogP contribution < -0.4 is 11.1 Å². The number of hydrogen-bond donors (Lipinski definition) is 2. The first-order valence-electron chi connectivity index (χ1n) is 6.78. The van der Waals surface area contributed by atoms with Gasteiger partial charge in [0.05, 0.1) is 5.75 Å². The van der Waals surface area contributed by atoms with E-state index in [1.54, 1.807) is 0 Å². The maximum absolute atomic E-state index is 11.9. The number of rotatable bonds is 5. The number of anilines is 1. The summed E-state index contributed by atoms with van der Waals surface area (Å²) >= 11 is 1.36. The second-order valence-electron chi connectivity index (χ2n) is 5.05. The third kappa shape index (κ3) is 3.86. The third-order valence-electron chi connectivity index (χ3n) is 3.13. The minimum Gasteiger partial charge on any atom is -0.381 e. The van der Waals surface area contributed by atoms with Gasteiger partial charge in [-0.25, -0.2) is 0 Å². The number of aromatic nitrogens is 3. The van der Waals surface area contributed by atoms with Crippen molar-refractivity contribution in [1.29, 1.82) is 0 Å². The average Bonchev–Trinajstić information content (AvgIpc) is 2.79. The summed E-state index contributed by atoms with van der Waals surface area (Å²) in [6, 6.07) is 0.399. The Morgan fingerprint density at radius 3 is 2.85 bits per heavy atom. The highest BCUT2D eigenvalue weighted by atomic mass is 32.2. The van der Waals surface area contributed by atoms with E-state index in [2.05, 4.69) is 15.5 Å². The summed E-state index contributed by atoms with van der Waals surface area (Å²) in [6.07, 6.45) is 1.76. The van der Waals surface area contributed by atoms with Crippen LogP contribution in [0.25, 0.3) is 0 Å². The molecule has 0 bridgehead atoms. The number of nitrogens with two attached hydrogens (primary N) is 1. The highest BCUT2D eigenvalue weighted by Gasteiger charge is 2.18. The minimum absolute atomic E-state index is 0.0128. The quantitative estimate of drug-likeness (QED) is 0.782. The van der Waals surface area contributed by atoms with Crippen LogP contribution in [0.5, 0.6) is 0 Å². The third-order valence-corrected chi connectivity index (χ3v) is 4.07. The monoisotopic (exact) mass is 299 g/mol. The zero-order valence-corrected chi connectivity index (χ0v) is 12.7. The molecule has 1 aliphatic heterocycles.